The summed E-state index contributed by atoms with van der Waals surface area (Å²) in [4.78, 5) is 15.6. The Morgan fingerprint density at radius 2 is 1.72 bits per heavy atom. The number of hydrogen-bond donors (Lipinski definition) is 0. The van der Waals surface area contributed by atoms with E-state index in [2.05, 4.69) is 33.8 Å². The predicted molar refractivity (Wildman–Crippen MR) is 106 cm³/mol. The minimum atomic E-state index is 0.130. The molecule has 0 bridgehead atoms. The van der Waals surface area contributed by atoms with Crippen LogP contribution >= 0.6 is 11.8 Å². The van der Waals surface area contributed by atoms with Crippen molar-refractivity contribution in [2.75, 3.05) is 19.9 Å². The Bertz CT molecular complexity index is 744. The number of amides is 1. The second-order valence-electron chi connectivity index (χ2n) is 6.48. The van der Waals surface area contributed by atoms with Gasteiger partial charge in [0.1, 0.15) is 5.75 Å². The average Bonchev–Trinajstić information content (AvgIpc) is 2.60. The third-order valence-electron chi connectivity index (χ3n) is 4.62. The third kappa shape index (κ3) is 4.79. The van der Waals surface area contributed by atoms with Crippen molar-refractivity contribution in [1.29, 1.82) is 0 Å². The van der Waals surface area contributed by atoms with E-state index < -0.39 is 0 Å². The van der Waals surface area contributed by atoms with Crippen molar-refractivity contribution >= 4 is 17.7 Å². The largest absolute Gasteiger partial charge is 0.497 e. The molecule has 2 rings (SSSR count). The number of nitrogens with zero attached hydrogens (tertiary/aromatic N) is 1. The van der Waals surface area contributed by atoms with E-state index in [0.717, 1.165) is 11.3 Å². The highest BCUT2D eigenvalue weighted by Crippen LogP contribution is 2.31. The highest BCUT2D eigenvalue weighted by atomic mass is 32.2. The lowest BCUT2D eigenvalue weighted by Gasteiger charge is -2.19. The van der Waals surface area contributed by atoms with Gasteiger partial charge in [0.2, 0.25) is 5.91 Å². The number of aryl methyl sites for hydroxylation is 2. The first-order chi connectivity index (χ1) is 11.8. The van der Waals surface area contributed by atoms with E-state index >= 15 is 0 Å². The van der Waals surface area contributed by atoms with Crippen molar-refractivity contribution in [3.63, 3.8) is 0 Å². The summed E-state index contributed by atoms with van der Waals surface area (Å²) in [6.45, 7) is 9.11. The molecule has 3 nitrogen and oxygen atoms in total. The molecule has 0 radical (unpaired) electrons. The van der Waals surface area contributed by atoms with Gasteiger partial charge in [-0.25, -0.2) is 0 Å². The second-order valence-corrected chi connectivity index (χ2v) is 7.47. The second kappa shape index (κ2) is 8.43. The number of rotatable bonds is 6. The summed E-state index contributed by atoms with van der Waals surface area (Å²) in [6, 6.07) is 10.1. The molecule has 0 aliphatic carbocycles. The van der Waals surface area contributed by atoms with Crippen LogP contribution in [0.4, 0.5) is 0 Å². The molecule has 0 aliphatic heterocycles. The van der Waals surface area contributed by atoms with Crippen molar-refractivity contribution in [1.82, 2.24) is 4.90 Å². The molecule has 0 atom stereocenters. The van der Waals surface area contributed by atoms with Crippen LogP contribution in [0.2, 0.25) is 0 Å². The van der Waals surface area contributed by atoms with Crippen LogP contribution < -0.4 is 4.74 Å². The maximum Gasteiger partial charge on any atom is 0.232 e. The first kappa shape index (κ1) is 19.4. The number of hydrogen-bond acceptors (Lipinski definition) is 3. The number of benzene rings is 2. The van der Waals surface area contributed by atoms with E-state index in [0.29, 0.717) is 12.3 Å². The van der Waals surface area contributed by atoms with Gasteiger partial charge in [0.05, 0.1) is 12.9 Å². The van der Waals surface area contributed by atoms with Crippen LogP contribution in [0.3, 0.4) is 0 Å². The zero-order valence-electron chi connectivity index (χ0n) is 16.0. The van der Waals surface area contributed by atoms with Crippen LogP contribution in [0.1, 0.15) is 27.8 Å². The van der Waals surface area contributed by atoms with Crippen LogP contribution in [-0.2, 0) is 11.3 Å². The quantitative estimate of drug-likeness (QED) is 0.703. The number of carbonyl (C=O) groups is 1. The maximum atomic E-state index is 12.5. The molecule has 2 aromatic carbocycles. The molecule has 0 aromatic heterocycles. The summed E-state index contributed by atoms with van der Waals surface area (Å²) < 4.78 is 5.24. The number of thioether (sulfide) groups is 1. The zero-order valence-corrected chi connectivity index (χ0v) is 16.8. The van der Waals surface area contributed by atoms with Gasteiger partial charge in [0.15, 0.2) is 0 Å². The molecule has 2 aromatic rings. The first-order valence-electron chi connectivity index (χ1n) is 8.40. The number of carbonyl (C=O) groups excluding carboxylic acids is 1. The summed E-state index contributed by atoms with van der Waals surface area (Å²) >= 11 is 1.64. The molecular formula is C21H27NO2S. The van der Waals surface area contributed by atoms with E-state index in [1.807, 2.05) is 31.3 Å². The molecule has 0 aliphatic rings. The molecular weight excluding hydrogens is 330 g/mol. The Kier molecular flexibility index (Phi) is 6.54. The summed E-state index contributed by atoms with van der Waals surface area (Å²) in [6.07, 6.45) is 0. The van der Waals surface area contributed by atoms with E-state index in [-0.39, 0.29) is 5.91 Å². The van der Waals surface area contributed by atoms with Crippen LogP contribution in [0.25, 0.3) is 0 Å². The monoisotopic (exact) mass is 357 g/mol. The van der Waals surface area contributed by atoms with Gasteiger partial charge in [0.25, 0.3) is 0 Å². The molecule has 0 unspecified atom stereocenters. The first-order valence-corrected chi connectivity index (χ1v) is 9.39. The highest BCUT2D eigenvalue weighted by molar-refractivity contribution is 8.00. The molecule has 0 saturated carbocycles. The van der Waals surface area contributed by atoms with Crippen LogP contribution in [-0.4, -0.2) is 30.7 Å². The van der Waals surface area contributed by atoms with Crippen molar-refractivity contribution in [3.05, 3.63) is 58.1 Å². The molecule has 134 valence electrons. The van der Waals surface area contributed by atoms with Gasteiger partial charge in [0, 0.05) is 18.5 Å². The molecule has 4 heteroatoms. The molecule has 0 fully saturated rings. The molecule has 25 heavy (non-hydrogen) atoms. The Hall–Kier alpha value is -1.94. The van der Waals surface area contributed by atoms with E-state index in [4.69, 9.17) is 4.74 Å². The van der Waals surface area contributed by atoms with E-state index in [1.165, 1.54) is 27.1 Å². The van der Waals surface area contributed by atoms with Crippen LogP contribution in [0.5, 0.6) is 5.75 Å². The standard InChI is InChI=1S/C21H27NO2S/c1-14-10-15(2)17(4)21(16(14)3)25-13-20(23)22(5)12-18-8-7-9-19(11-18)24-6/h7-11H,12-13H2,1-6H3. The predicted octanol–water partition coefficient (Wildman–Crippen LogP) is 4.68. The number of methoxy groups -OCH3 is 1. The van der Waals surface area contributed by atoms with Gasteiger partial charge in [-0.1, -0.05) is 18.2 Å². The molecule has 0 N–H and O–H groups in total. The fourth-order valence-electron chi connectivity index (χ4n) is 2.77. The smallest absolute Gasteiger partial charge is 0.232 e. The molecule has 0 saturated heterocycles. The van der Waals surface area contributed by atoms with Gasteiger partial charge >= 0.3 is 0 Å². The molecule has 0 heterocycles. The summed E-state index contributed by atoms with van der Waals surface area (Å²) in [7, 11) is 3.50. The van der Waals surface area contributed by atoms with Gasteiger partial charge in [-0.05, 0) is 67.6 Å². The Morgan fingerprint density at radius 1 is 1.08 bits per heavy atom. The van der Waals surface area contributed by atoms with Crippen LogP contribution in [0.15, 0.2) is 35.2 Å². The van der Waals surface area contributed by atoms with E-state index in [1.54, 1.807) is 23.8 Å². The van der Waals surface area contributed by atoms with Gasteiger partial charge in [-0.2, -0.15) is 0 Å². The van der Waals surface area contributed by atoms with Gasteiger partial charge in [-0.3, -0.25) is 4.79 Å². The van der Waals surface area contributed by atoms with E-state index in [9.17, 15) is 4.79 Å². The fraction of sp³-hybridized carbons (Fsp3) is 0.381. The lowest BCUT2D eigenvalue weighted by molar-refractivity contribution is -0.127. The Balaban J connectivity index is 2.02. The summed E-state index contributed by atoms with van der Waals surface area (Å²) in [5.74, 6) is 1.39. The minimum absolute atomic E-state index is 0.130. The topological polar surface area (TPSA) is 29.5 Å². The van der Waals surface area contributed by atoms with Crippen molar-refractivity contribution in [3.8, 4) is 5.75 Å². The van der Waals surface area contributed by atoms with Gasteiger partial charge < -0.3 is 9.64 Å². The molecule has 0 spiro atoms. The summed E-state index contributed by atoms with van der Waals surface area (Å²) in [5, 5.41) is 0. The zero-order chi connectivity index (χ0) is 18.6. The fourth-order valence-corrected chi connectivity index (χ4v) is 4.02. The SMILES string of the molecule is COc1cccc(CN(C)C(=O)CSc2c(C)c(C)cc(C)c2C)c1. The third-order valence-corrected chi connectivity index (χ3v) is 5.91. The van der Waals surface area contributed by atoms with Crippen molar-refractivity contribution < 1.29 is 9.53 Å². The average molecular weight is 358 g/mol. The van der Waals surface area contributed by atoms with Crippen molar-refractivity contribution in [2.45, 2.75) is 39.1 Å². The molecule has 1 amide bonds. The lowest BCUT2D eigenvalue weighted by atomic mass is 10.0. The van der Waals surface area contributed by atoms with Crippen molar-refractivity contribution in [2.24, 2.45) is 0 Å². The van der Waals surface area contributed by atoms with Crippen LogP contribution in [0, 0.1) is 27.7 Å². The Morgan fingerprint density at radius 3 is 2.32 bits per heavy atom. The number of ether oxygens (including phenoxy) is 1. The Labute approximate surface area is 155 Å². The normalized spacial score (nSPS) is 10.6. The van der Waals surface area contributed by atoms with Gasteiger partial charge in [-0.15, -0.1) is 11.8 Å². The highest BCUT2D eigenvalue weighted by Gasteiger charge is 2.14. The lowest BCUT2D eigenvalue weighted by Crippen LogP contribution is -2.27. The summed E-state index contributed by atoms with van der Waals surface area (Å²) in [5.41, 5.74) is 6.18. The maximum absolute atomic E-state index is 12.5. The minimum Gasteiger partial charge on any atom is -0.497 e.